The second-order valence-electron chi connectivity index (χ2n) is 5.30. The van der Waals surface area contributed by atoms with Gasteiger partial charge in [-0.25, -0.2) is 13.8 Å². The number of halogens is 4. The molecule has 2 aromatic rings. The van der Waals surface area contributed by atoms with Crippen molar-refractivity contribution in [1.82, 2.24) is 9.73 Å². The van der Waals surface area contributed by atoms with Crippen LogP contribution in [0.15, 0.2) is 46.4 Å². The molecule has 2 rings (SSSR count). The van der Waals surface area contributed by atoms with E-state index in [2.05, 4.69) is 10.5 Å². The van der Waals surface area contributed by atoms with E-state index in [9.17, 15) is 13.2 Å². The Bertz CT molecular complexity index is 996. The average molecular weight is 469 g/mol. The summed E-state index contributed by atoms with van der Waals surface area (Å²) in [5, 5.41) is 4.91. The van der Waals surface area contributed by atoms with Crippen molar-refractivity contribution >= 4 is 68.5 Å². The molecule has 27 heavy (non-hydrogen) atoms. The number of carbonyl (C=O) groups is 1. The second-order valence-corrected chi connectivity index (χ2v) is 9.00. The Kier molecular flexibility index (Phi) is 7.50. The first kappa shape index (κ1) is 21.9. The fraction of sp³-hybridized carbons (Fsp3) is 0.125. The lowest BCUT2D eigenvalue weighted by Crippen LogP contribution is -2.36. The maximum Gasteiger partial charge on any atom is 0.255 e. The largest absolute Gasteiger partial charge is 0.272 e. The number of nitrogens with zero attached hydrogens (tertiary/aromatic N) is 2. The Labute approximate surface area is 176 Å². The summed E-state index contributed by atoms with van der Waals surface area (Å²) in [6.07, 6.45) is 1.32. The first-order valence-corrected chi connectivity index (χ1v) is 10.2. The molecule has 0 aliphatic heterocycles. The molecular formula is C16H13Cl4N3O3S. The Morgan fingerprint density at radius 1 is 1.07 bits per heavy atom. The number of likely N-dealkylation sites (N-methyl/N-ethyl adjacent to an activating group) is 1. The maximum atomic E-state index is 12.5. The Hall–Kier alpha value is -1.35. The van der Waals surface area contributed by atoms with E-state index in [1.54, 1.807) is 12.1 Å². The number of sulfonamides is 1. The van der Waals surface area contributed by atoms with Gasteiger partial charge in [-0.2, -0.15) is 9.41 Å². The Balaban J connectivity index is 2.01. The van der Waals surface area contributed by atoms with Crippen LogP contribution in [0.1, 0.15) is 5.56 Å². The average Bonchev–Trinajstić information content (AvgIpc) is 2.59. The molecule has 0 aliphatic carbocycles. The molecule has 0 aromatic heterocycles. The van der Waals surface area contributed by atoms with Crippen molar-refractivity contribution in [1.29, 1.82) is 0 Å². The minimum Gasteiger partial charge on any atom is -0.272 e. The van der Waals surface area contributed by atoms with Gasteiger partial charge >= 0.3 is 0 Å². The molecular weight excluding hydrogens is 456 g/mol. The smallest absolute Gasteiger partial charge is 0.255 e. The molecule has 11 heteroatoms. The van der Waals surface area contributed by atoms with Crippen molar-refractivity contribution in [3.63, 3.8) is 0 Å². The third-order valence-electron chi connectivity index (χ3n) is 3.32. The van der Waals surface area contributed by atoms with Crippen molar-refractivity contribution in [3.8, 4) is 0 Å². The van der Waals surface area contributed by atoms with E-state index < -0.39 is 22.5 Å². The molecule has 1 N–H and O–H groups in total. The Morgan fingerprint density at radius 2 is 1.78 bits per heavy atom. The zero-order valence-corrected chi connectivity index (χ0v) is 17.6. The van der Waals surface area contributed by atoms with Gasteiger partial charge in [0, 0.05) is 17.6 Å². The zero-order chi connectivity index (χ0) is 20.2. The molecule has 0 aliphatic rings. The highest BCUT2D eigenvalue weighted by molar-refractivity contribution is 7.89. The van der Waals surface area contributed by atoms with E-state index >= 15 is 0 Å². The van der Waals surface area contributed by atoms with Crippen LogP contribution in [-0.4, -0.2) is 38.4 Å². The van der Waals surface area contributed by atoms with Crippen molar-refractivity contribution < 1.29 is 13.2 Å². The number of hydrogen-bond donors (Lipinski definition) is 1. The van der Waals surface area contributed by atoms with Gasteiger partial charge in [-0.05, 0) is 30.3 Å². The molecule has 0 saturated heterocycles. The minimum absolute atomic E-state index is 0.0800. The number of benzene rings is 2. The molecule has 0 fully saturated rings. The lowest BCUT2D eigenvalue weighted by molar-refractivity contribution is -0.121. The van der Waals surface area contributed by atoms with Crippen molar-refractivity contribution in [2.75, 3.05) is 13.6 Å². The second kappa shape index (κ2) is 9.23. The predicted octanol–water partition coefficient (Wildman–Crippen LogP) is 4.07. The van der Waals surface area contributed by atoms with Crippen LogP contribution >= 0.6 is 46.4 Å². The van der Waals surface area contributed by atoms with Crippen LogP contribution < -0.4 is 5.43 Å². The molecule has 0 unspecified atom stereocenters. The SMILES string of the molecule is CN(CC(=O)N/N=C\c1ccc(Cl)cc1Cl)S(=O)(=O)c1ccc(Cl)c(Cl)c1. The summed E-state index contributed by atoms with van der Waals surface area (Å²) in [5.41, 5.74) is 2.77. The summed E-state index contributed by atoms with van der Waals surface area (Å²) in [6.45, 7) is -0.450. The van der Waals surface area contributed by atoms with Gasteiger partial charge in [0.2, 0.25) is 10.0 Å². The molecule has 0 bridgehead atoms. The van der Waals surface area contributed by atoms with Crippen molar-refractivity contribution in [2.24, 2.45) is 5.10 Å². The highest BCUT2D eigenvalue weighted by Gasteiger charge is 2.23. The molecule has 2 aromatic carbocycles. The lowest BCUT2D eigenvalue weighted by atomic mass is 10.2. The first-order valence-electron chi connectivity index (χ1n) is 7.29. The number of nitrogens with one attached hydrogen (secondary N) is 1. The molecule has 0 saturated carbocycles. The van der Waals surface area contributed by atoms with Gasteiger partial charge in [0.25, 0.3) is 5.91 Å². The minimum atomic E-state index is -3.92. The fourth-order valence-corrected chi connectivity index (χ4v) is 3.89. The van der Waals surface area contributed by atoms with Gasteiger partial charge in [0.1, 0.15) is 0 Å². The van der Waals surface area contributed by atoms with Crippen molar-refractivity contribution in [2.45, 2.75) is 4.90 Å². The maximum absolute atomic E-state index is 12.5. The summed E-state index contributed by atoms with van der Waals surface area (Å²) in [5.74, 6) is -0.637. The van der Waals surface area contributed by atoms with Gasteiger partial charge in [0.05, 0.1) is 32.7 Å². The highest BCUT2D eigenvalue weighted by Crippen LogP contribution is 2.26. The van der Waals surface area contributed by atoms with Crippen LogP contribution in [-0.2, 0) is 14.8 Å². The molecule has 6 nitrogen and oxygen atoms in total. The van der Waals surface area contributed by atoms with E-state index in [1.165, 1.54) is 37.5 Å². The summed E-state index contributed by atoms with van der Waals surface area (Å²) in [4.78, 5) is 11.9. The van der Waals surface area contributed by atoms with E-state index in [0.29, 0.717) is 15.6 Å². The van der Waals surface area contributed by atoms with Gasteiger partial charge in [-0.3, -0.25) is 4.79 Å². The van der Waals surface area contributed by atoms with Gasteiger partial charge < -0.3 is 0 Å². The van der Waals surface area contributed by atoms with Gasteiger partial charge in [-0.15, -0.1) is 0 Å². The lowest BCUT2D eigenvalue weighted by Gasteiger charge is -2.16. The quantitative estimate of drug-likeness (QED) is 0.512. The third-order valence-corrected chi connectivity index (χ3v) is 6.42. The van der Waals surface area contributed by atoms with Crippen LogP contribution in [0.3, 0.4) is 0 Å². The molecule has 1 amide bonds. The van der Waals surface area contributed by atoms with Gasteiger partial charge in [0.15, 0.2) is 0 Å². The van der Waals surface area contributed by atoms with E-state index in [-0.39, 0.29) is 14.9 Å². The zero-order valence-electron chi connectivity index (χ0n) is 13.8. The number of amides is 1. The van der Waals surface area contributed by atoms with E-state index in [0.717, 1.165) is 4.31 Å². The fourth-order valence-electron chi connectivity index (χ4n) is 1.92. The van der Waals surface area contributed by atoms with Crippen LogP contribution in [0.5, 0.6) is 0 Å². The van der Waals surface area contributed by atoms with Crippen LogP contribution in [0.4, 0.5) is 0 Å². The first-order chi connectivity index (χ1) is 12.6. The molecule has 0 spiro atoms. The van der Waals surface area contributed by atoms with Crippen LogP contribution in [0, 0.1) is 0 Å². The summed E-state index contributed by atoms with van der Waals surface area (Å²) < 4.78 is 25.8. The number of hydrogen-bond acceptors (Lipinski definition) is 4. The molecule has 0 radical (unpaired) electrons. The molecule has 0 heterocycles. The Morgan fingerprint density at radius 3 is 2.41 bits per heavy atom. The summed E-state index contributed by atoms with van der Waals surface area (Å²) in [7, 11) is -2.66. The van der Waals surface area contributed by atoms with Crippen LogP contribution in [0.25, 0.3) is 0 Å². The topological polar surface area (TPSA) is 78.8 Å². The van der Waals surface area contributed by atoms with Gasteiger partial charge in [-0.1, -0.05) is 52.5 Å². The standard InChI is InChI=1S/C16H13Cl4N3O3S/c1-23(27(25,26)12-4-5-13(18)15(20)7-12)9-16(24)22-21-8-10-2-3-11(17)6-14(10)19/h2-8H,9H2,1H3,(H,22,24)/b21-8-. The molecule has 0 atom stereocenters. The van der Waals surface area contributed by atoms with E-state index in [1.807, 2.05) is 0 Å². The monoisotopic (exact) mass is 467 g/mol. The number of carbonyl (C=O) groups excluding carboxylic acids is 1. The molecule has 144 valence electrons. The highest BCUT2D eigenvalue weighted by atomic mass is 35.5. The van der Waals surface area contributed by atoms with Crippen molar-refractivity contribution in [3.05, 3.63) is 62.1 Å². The predicted molar refractivity (Wildman–Crippen MR) is 108 cm³/mol. The summed E-state index contributed by atoms with van der Waals surface area (Å²) >= 11 is 23.4. The number of hydrazone groups is 1. The van der Waals surface area contributed by atoms with Crippen LogP contribution in [0.2, 0.25) is 20.1 Å². The summed E-state index contributed by atoms with van der Waals surface area (Å²) in [6, 6.07) is 8.66. The normalized spacial score (nSPS) is 11.9. The number of rotatable bonds is 6. The van der Waals surface area contributed by atoms with E-state index in [4.69, 9.17) is 46.4 Å². The third kappa shape index (κ3) is 5.81.